The Morgan fingerprint density at radius 1 is 1.09 bits per heavy atom. The summed E-state index contributed by atoms with van der Waals surface area (Å²) >= 11 is 6.26. The molecule has 1 aliphatic heterocycles. The van der Waals surface area contributed by atoms with Crippen LogP contribution < -0.4 is 5.73 Å². The maximum absolute atomic E-state index is 13.3. The molecule has 0 aromatic heterocycles. The van der Waals surface area contributed by atoms with Crippen LogP contribution in [0.25, 0.3) is 0 Å². The molecule has 0 spiro atoms. The summed E-state index contributed by atoms with van der Waals surface area (Å²) < 4.78 is 0. The number of ketones is 1. The highest BCUT2D eigenvalue weighted by Crippen LogP contribution is 2.42. The van der Waals surface area contributed by atoms with E-state index in [9.17, 15) is 9.59 Å². The van der Waals surface area contributed by atoms with Crippen molar-refractivity contribution in [2.45, 2.75) is 95.4 Å². The van der Waals surface area contributed by atoms with Crippen molar-refractivity contribution in [3.8, 4) is 0 Å². The van der Waals surface area contributed by atoms with Gasteiger partial charge in [-0.1, -0.05) is 81.2 Å². The Bertz CT molecular complexity index is 911. The maximum atomic E-state index is 13.3. The molecule has 5 nitrogen and oxygen atoms in total. The van der Waals surface area contributed by atoms with E-state index in [-0.39, 0.29) is 11.7 Å². The highest BCUT2D eigenvalue weighted by atomic mass is 35.5. The van der Waals surface area contributed by atoms with E-state index in [0.29, 0.717) is 41.6 Å². The van der Waals surface area contributed by atoms with Gasteiger partial charge in [-0.3, -0.25) is 14.5 Å². The number of nitrogens with two attached hydrogens (primary N) is 1. The molecule has 1 unspecified atom stereocenters. The number of Topliss-reactive ketones (excluding diaryl/α,β-unsaturated/α-hetero) is 1. The number of likely N-dealkylation sites (N-methyl/N-ethyl adjacent to an activating group) is 1. The van der Waals surface area contributed by atoms with E-state index in [4.69, 9.17) is 22.3 Å². The molecule has 0 saturated heterocycles. The number of nitrogens with zero attached hydrogens (tertiary/aromatic N) is 2. The number of guanidine groups is 1. The summed E-state index contributed by atoms with van der Waals surface area (Å²) in [7, 11) is 1.75. The van der Waals surface area contributed by atoms with Gasteiger partial charge in [-0.25, -0.2) is 4.99 Å². The largest absolute Gasteiger partial charge is 0.369 e. The zero-order valence-electron chi connectivity index (χ0n) is 20.6. The van der Waals surface area contributed by atoms with Crippen molar-refractivity contribution >= 4 is 29.3 Å². The van der Waals surface area contributed by atoms with Crippen molar-refractivity contribution in [1.82, 2.24) is 4.90 Å². The van der Waals surface area contributed by atoms with Crippen molar-refractivity contribution in [2.75, 3.05) is 7.05 Å². The fraction of sp³-hybridized carbons (Fsp3) is 0.679. The average molecular weight is 486 g/mol. The second-order valence-corrected chi connectivity index (χ2v) is 11.4. The number of hydrogen-bond acceptors (Lipinski definition) is 4. The molecule has 4 rings (SSSR count). The fourth-order valence-corrected chi connectivity index (χ4v) is 6.78. The summed E-state index contributed by atoms with van der Waals surface area (Å²) in [5.74, 6) is 2.17. The van der Waals surface area contributed by atoms with Crippen LogP contribution in [0.15, 0.2) is 29.3 Å². The molecule has 0 radical (unpaired) electrons. The SMILES string of the molecule is CN1C(=O)[C@@](CCC2CCCCC2)(C[C@H]2CCCC(CC(=O)Cc3ccccc3Cl)C2)N=C1N. The van der Waals surface area contributed by atoms with Gasteiger partial charge in [0, 0.05) is 24.9 Å². The van der Waals surface area contributed by atoms with Gasteiger partial charge in [0.1, 0.15) is 11.3 Å². The molecular weight excluding hydrogens is 446 g/mol. The zero-order valence-corrected chi connectivity index (χ0v) is 21.4. The molecule has 1 amide bonds. The predicted molar refractivity (Wildman–Crippen MR) is 138 cm³/mol. The smallest absolute Gasteiger partial charge is 0.257 e. The molecule has 0 bridgehead atoms. The third-order valence-electron chi connectivity index (χ3n) is 8.45. The van der Waals surface area contributed by atoms with Gasteiger partial charge < -0.3 is 5.73 Å². The van der Waals surface area contributed by atoms with Crippen LogP contribution >= 0.6 is 11.6 Å². The van der Waals surface area contributed by atoms with Crippen LogP contribution in [0.2, 0.25) is 5.02 Å². The average Bonchev–Trinajstić information content (AvgIpc) is 3.04. The molecule has 1 aromatic carbocycles. The van der Waals surface area contributed by atoms with Crippen molar-refractivity contribution in [2.24, 2.45) is 28.5 Å². The Balaban J connectivity index is 1.37. The normalized spacial score (nSPS) is 28.2. The first-order valence-electron chi connectivity index (χ1n) is 13.2. The zero-order chi connectivity index (χ0) is 24.1. The first kappa shape index (κ1) is 25.2. The van der Waals surface area contributed by atoms with Gasteiger partial charge in [0.15, 0.2) is 5.96 Å². The molecule has 34 heavy (non-hydrogen) atoms. The van der Waals surface area contributed by atoms with Gasteiger partial charge in [0.2, 0.25) is 0 Å². The number of carbonyl (C=O) groups is 2. The molecule has 2 aliphatic carbocycles. The summed E-state index contributed by atoms with van der Waals surface area (Å²) in [4.78, 5) is 32.5. The number of amides is 1. The van der Waals surface area contributed by atoms with E-state index in [0.717, 1.165) is 50.5 Å². The van der Waals surface area contributed by atoms with Crippen molar-refractivity contribution in [3.63, 3.8) is 0 Å². The number of aliphatic imine (C=N–C) groups is 1. The molecule has 186 valence electrons. The summed E-state index contributed by atoms with van der Waals surface area (Å²) in [6.07, 6.45) is 14.4. The standard InChI is InChI=1S/C28H40ClN3O2/c1-32-26(34)28(31-27(32)30,15-14-20-8-3-2-4-9-20)19-22-11-7-10-21(16-22)17-24(33)18-23-12-5-6-13-25(23)29/h5-6,12-13,20-22H,2-4,7-11,14-19H2,1H3,(H2,30,31)/t21?,22-,28+/m0/s1. The number of hydrogen-bond donors (Lipinski definition) is 1. The van der Waals surface area contributed by atoms with E-state index < -0.39 is 5.54 Å². The van der Waals surface area contributed by atoms with Crippen LogP contribution in [-0.2, 0) is 16.0 Å². The number of rotatable bonds is 9. The molecule has 2 fully saturated rings. The highest BCUT2D eigenvalue weighted by Gasteiger charge is 2.48. The minimum Gasteiger partial charge on any atom is -0.369 e. The Kier molecular flexibility index (Phi) is 8.34. The van der Waals surface area contributed by atoms with E-state index in [1.54, 1.807) is 11.9 Å². The van der Waals surface area contributed by atoms with E-state index >= 15 is 0 Å². The highest BCUT2D eigenvalue weighted by molar-refractivity contribution is 6.31. The van der Waals surface area contributed by atoms with Gasteiger partial charge in [0.05, 0.1) is 0 Å². The second-order valence-electron chi connectivity index (χ2n) is 11.0. The molecule has 2 N–H and O–H groups in total. The molecule has 3 atom stereocenters. The molecule has 2 saturated carbocycles. The number of benzene rings is 1. The van der Waals surface area contributed by atoms with Crippen LogP contribution in [0.3, 0.4) is 0 Å². The second kappa shape index (κ2) is 11.2. The minimum absolute atomic E-state index is 0.0673. The van der Waals surface area contributed by atoms with Crippen LogP contribution in [0.1, 0.15) is 89.0 Å². The number of carbonyl (C=O) groups excluding carboxylic acids is 2. The van der Waals surface area contributed by atoms with Gasteiger partial charge in [-0.2, -0.15) is 0 Å². The lowest BCUT2D eigenvalue weighted by atomic mass is 9.71. The lowest BCUT2D eigenvalue weighted by Crippen LogP contribution is -2.44. The van der Waals surface area contributed by atoms with E-state index in [1.807, 2.05) is 24.3 Å². The van der Waals surface area contributed by atoms with Gasteiger partial charge in [0.25, 0.3) is 5.91 Å². The van der Waals surface area contributed by atoms with E-state index in [1.165, 1.54) is 32.1 Å². The Morgan fingerprint density at radius 2 is 1.79 bits per heavy atom. The quantitative estimate of drug-likeness (QED) is 0.471. The predicted octanol–water partition coefficient (Wildman–Crippen LogP) is 5.92. The third kappa shape index (κ3) is 6.02. The van der Waals surface area contributed by atoms with Crippen LogP contribution in [0.5, 0.6) is 0 Å². The lowest BCUT2D eigenvalue weighted by Gasteiger charge is -2.35. The van der Waals surface area contributed by atoms with Crippen molar-refractivity contribution in [1.29, 1.82) is 0 Å². The van der Waals surface area contributed by atoms with Crippen molar-refractivity contribution in [3.05, 3.63) is 34.9 Å². The van der Waals surface area contributed by atoms with Crippen LogP contribution in [0, 0.1) is 17.8 Å². The Labute approximate surface area is 209 Å². The molecular formula is C28H40ClN3O2. The maximum Gasteiger partial charge on any atom is 0.257 e. The monoisotopic (exact) mass is 485 g/mol. The summed E-state index contributed by atoms with van der Waals surface area (Å²) in [5, 5.41) is 0.664. The molecule has 1 aromatic rings. The Morgan fingerprint density at radius 3 is 2.50 bits per heavy atom. The first-order chi connectivity index (χ1) is 16.4. The molecule has 3 aliphatic rings. The number of halogens is 1. The molecule has 1 heterocycles. The fourth-order valence-electron chi connectivity index (χ4n) is 6.57. The lowest BCUT2D eigenvalue weighted by molar-refractivity contribution is -0.131. The first-order valence-corrected chi connectivity index (χ1v) is 13.6. The van der Waals surface area contributed by atoms with Gasteiger partial charge >= 0.3 is 0 Å². The van der Waals surface area contributed by atoms with E-state index in [2.05, 4.69) is 0 Å². The topological polar surface area (TPSA) is 75.8 Å². The summed E-state index contributed by atoms with van der Waals surface area (Å²) in [6.45, 7) is 0. The minimum atomic E-state index is -0.704. The van der Waals surface area contributed by atoms with Crippen LogP contribution in [0.4, 0.5) is 0 Å². The Hall–Kier alpha value is -1.88. The van der Waals surface area contributed by atoms with Gasteiger partial charge in [-0.05, 0) is 55.1 Å². The van der Waals surface area contributed by atoms with Crippen molar-refractivity contribution < 1.29 is 9.59 Å². The summed E-state index contributed by atoms with van der Waals surface area (Å²) in [6, 6.07) is 7.60. The van der Waals surface area contributed by atoms with Crippen LogP contribution in [-0.4, -0.2) is 35.1 Å². The molecule has 6 heteroatoms. The van der Waals surface area contributed by atoms with Gasteiger partial charge in [-0.15, -0.1) is 0 Å². The summed E-state index contributed by atoms with van der Waals surface area (Å²) in [5.41, 5.74) is 6.34. The third-order valence-corrected chi connectivity index (χ3v) is 8.81.